The Hall–Kier alpha value is -2.20. The summed E-state index contributed by atoms with van der Waals surface area (Å²) in [5.74, 6) is 0. The van der Waals surface area contributed by atoms with Crippen molar-refractivity contribution in [3.8, 4) is 0 Å². The minimum Gasteiger partial charge on any atom is -0.371 e. The number of carbonyl (C=O) groups excluding carboxylic acids is 1. The zero-order valence-corrected chi connectivity index (χ0v) is 15.5. The lowest BCUT2D eigenvalue weighted by molar-refractivity contribution is 0.220. The molecule has 0 saturated carbocycles. The molecule has 5 heteroatoms. The van der Waals surface area contributed by atoms with Gasteiger partial charge in [0.05, 0.1) is 0 Å². The largest absolute Gasteiger partial charge is 0.371 e. The first kappa shape index (κ1) is 17.6. The molecule has 25 heavy (non-hydrogen) atoms. The molecule has 132 valence electrons. The van der Waals surface area contributed by atoms with Crippen molar-refractivity contribution < 1.29 is 4.79 Å². The molecular formula is C20H24ClN3O. The first-order valence-corrected chi connectivity index (χ1v) is 9.03. The molecule has 4 nitrogen and oxygen atoms in total. The molecule has 1 saturated heterocycles. The van der Waals surface area contributed by atoms with Crippen LogP contribution in [0.1, 0.15) is 24.0 Å². The molecule has 0 radical (unpaired) electrons. The topological polar surface area (TPSA) is 35.6 Å². The number of hydrogen-bond donors (Lipinski definition) is 1. The number of nitrogens with one attached hydrogen (secondary N) is 1. The van der Waals surface area contributed by atoms with Gasteiger partial charge in [0.15, 0.2) is 0 Å². The fourth-order valence-corrected chi connectivity index (χ4v) is 3.35. The van der Waals surface area contributed by atoms with Crippen molar-refractivity contribution in [2.24, 2.45) is 0 Å². The predicted octanol–water partition coefficient (Wildman–Crippen LogP) is 4.91. The lowest BCUT2D eigenvalue weighted by Gasteiger charge is -2.25. The second-order valence-electron chi connectivity index (χ2n) is 6.57. The van der Waals surface area contributed by atoms with E-state index in [0.717, 1.165) is 24.3 Å². The fourth-order valence-electron chi connectivity index (χ4n) is 3.18. The summed E-state index contributed by atoms with van der Waals surface area (Å²) in [6.07, 6.45) is 2.47. The van der Waals surface area contributed by atoms with Crippen LogP contribution in [0.3, 0.4) is 0 Å². The number of halogens is 1. The molecule has 0 aromatic heterocycles. The van der Waals surface area contributed by atoms with Gasteiger partial charge >= 0.3 is 6.03 Å². The van der Waals surface area contributed by atoms with Gasteiger partial charge in [0.1, 0.15) is 0 Å². The van der Waals surface area contributed by atoms with E-state index in [1.807, 2.05) is 32.2 Å². The van der Waals surface area contributed by atoms with Gasteiger partial charge in [-0.05, 0) is 49.1 Å². The molecule has 0 unspecified atom stereocenters. The fraction of sp³-hybridized carbons (Fsp3) is 0.350. The van der Waals surface area contributed by atoms with Gasteiger partial charge in [-0.1, -0.05) is 35.9 Å². The van der Waals surface area contributed by atoms with Gasteiger partial charge < -0.3 is 15.1 Å². The SMILES string of the molecule is Cc1ccc(Cl)cc1NC(=O)N(C)Cc1ccccc1N1CCCC1. The van der Waals surface area contributed by atoms with E-state index in [9.17, 15) is 4.79 Å². The van der Waals surface area contributed by atoms with E-state index >= 15 is 0 Å². The van der Waals surface area contributed by atoms with E-state index in [4.69, 9.17) is 11.6 Å². The third-order valence-corrected chi connectivity index (χ3v) is 4.87. The maximum Gasteiger partial charge on any atom is 0.321 e. The molecule has 0 aliphatic carbocycles. The van der Waals surface area contributed by atoms with Crippen LogP contribution in [0.15, 0.2) is 42.5 Å². The van der Waals surface area contributed by atoms with E-state index < -0.39 is 0 Å². The number of aryl methyl sites for hydroxylation is 1. The molecule has 0 atom stereocenters. The average Bonchev–Trinajstić information content (AvgIpc) is 3.13. The third kappa shape index (κ3) is 4.26. The molecule has 2 aromatic rings. The summed E-state index contributed by atoms with van der Waals surface area (Å²) in [6.45, 7) is 4.70. The summed E-state index contributed by atoms with van der Waals surface area (Å²) in [5.41, 5.74) is 4.14. The van der Waals surface area contributed by atoms with E-state index in [0.29, 0.717) is 11.6 Å². The maximum absolute atomic E-state index is 12.6. The number of rotatable bonds is 4. The number of amides is 2. The van der Waals surface area contributed by atoms with Crippen molar-refractivity contribution in [1.29, 1.82) is 0 Å². The number of carbonyl (C=O) groups is 1. The van der Waals surface area contributed by atoms with Crippen molar-refractivity contribution in [2.45, 2.75) is 26.3 Å². The first-order chi connectivity index (χ1) is 12.0. The summed E-state index contributed by atoms with van der Waals surface area (Å²) in [5, 5.41) is 3.56. The monoisotopic (exact) mass is 357 g/mol. The van der Waals surface area contributed by atoms with Gasteiger partial charge in [0.25, 0.3) is 0 Å². The smallest absolute Gasteiger partial charge is 0.321 e. The molecule has 1 N–H and O–H groups in total. The summed E-state index contributed by atoms with van der Waals surface area (Å²) < 4.78 is 0. The highest BCUT2D eigenvalue weighted by molar-refractivity contribution is 6.31. The molecule has 1 aliphatic rings. The van der Waals surface area contributed by atoms with Gasteiger partial charge in [-0.2, -0.15) is 0 Å². The Balaban J connectivity index is 1.70. The highest BCUT2D eigenvalue weighted by Gasteiger charge is 2.18. The van der Waals surface area contributed by atoms with Gasteiger partial charge in [0, 0.05) is 43.1 Å². The number of anilines is 2. The number of urea groups is 1. The molecule has 0 bridgehead atoms. The summed E-state index contributed by atoms with van der Waals surface area (Å²) in [7, 11) is 1.82. The summed E-state index contributed by atoms with van der Waals surface area (Å²) in [4.78, 5) is 16.7. The Morgan fingerprint density at radius 2 is 1.92 bits per heavy atom. The van der Waals surface area contributed by atoms with E-state index in [1.54, 1.807) is 11.0 Å². The molecule has 2 aromatic carbocycles. The van der Waals surface area contributed by atoms with Crippen LogP contribution in [0.2, 0.25) is 5.02 Å². The Morgan fingerprint density at radius 3 is 2.68 bits per heavy atom. The molecule has 2 amide bonds. The van der Waals surface area contributed by atoms with Crippen LogP contribution in [0.4, 0.5) is 16.2 Å². The zero-order chi connectivity index (χ0) is 17.8. The van der Waals surface area contributed by atoms with Crippen molar-refractivity contribution in [1.82, 2.24) is 4.90 Å². The standard InChI is InChI=1S/C20H24ClN3O/c1-15-9-10-17(21)13-18(15)22-20(25)23(2)14-16-7-3-4-8-19(16)24-11-5-6-12-24/h3-4,7-10,13H,5-6,11-12,14H2,1-2H3,(H,22,25). The first-order valence-electron chi connectivity index (χ1n) is 8.66. The van der Waals surface area contributed by atoms with Gasteiger partial charge in [-0.15, -0.1) is 0 Å². The number of para-hydroxylation sites is 1. The molecule has 3 rings (SSSR count). The summed E-state index contributed by atoms with van der Waals surface area (Å²) in [6, 6.07) is 13.7. The van der Waals surface area contributed by atoms with Crippen LogP contribution < -0.4 is 10.2 Å². The Morgan fingerprint density at radius 1 is 1.20 bits per heavy atom. The lowest BCUT2D eigenvalue weighted by Crippen LogP contribution is -2.32. The van der Waals surface area contributed by atoms with Crippen LogP contribution in [-0.2, 0) is 6.54 Å². The number of nitrogens with zero attached hydrogens (tertiary/aromatic N) is 2. The molecule has 0 spiro atoms. The normalized spacial score (nSPS) is 13.8. The van der Waals surface area contributed by atoms with Crippen molar-refractivity contribution >= 4 is 29.0 Å². The molecule has 1 heterocycles. The Bertz CT molecular complexity index is 756. The van der Waals surface area contributed by atoms with E-state index in [1.165, 1.54) is 24.1 Å². The summed E-state index contributed by atoms with van der Waals surface area (Å²) >= 11 is 6.03. The van der Waals surface area contributed by atoms with Crippen LogP contribution in [0.5, 0.6) is 0 Å². The van der Waals surface area contributed by atoms with Crippen LogP contribution in [0, 0.1) is 6.92 Å². The van der Waals surface area contributed by atoms with Crippen LogP contribution in [0.25, 0.3) is 0 Å². The zero-order valence-electron chi connectivity index (χ0n) is 14.8. The third-order valence-electron chi connectivity index (χ3n) is 4.63. The van der Waals surface area contributed by atoms with Gasteiger partial charge in [0.2, 0.25) is 0 Å². The predicted molar refractivity (Wildman–Crippen MR) is 105 cm³/mol. The van der Waals surface area contributed by atoms with E-state index in [-0.39, 0.29) is 6.03 Å². The molecule has 1 fully saturated rings. The van der Waals surface area contributed by atoms with Crippen LogP contribution >= 0.6 is 11.6 Å². The average molecular weight is 358 g/mol. The highest BCUT2D eigenvalue weighted by atomic mass is 35.5. The number of hydrogen-bond acceptors (Lipinski definition) is 2. The molecule has 1 aliphatic heterocycles. The van der Waals surface area contributed by atoms with Crippen LogP contribution in [-0.4, -0.2) is 31.1 Å². The minimum atomic E-state index is -0.137. The van der Waals surface area contributed by atoms with Gasteiger partial charge in [-0.3, -0.25) is 0 Å². The quantitative estimate of drug-likeness (QED) is 0.843. The Kier molecular flexibility index (Phi) is 5.49. The number of benzene rings is 2. The maximum atomic E-state index is 12.6. The lowest BCUT2D eigenvalue weighted by atomic mass is 10.1. The van der Waals surface area contributed by atoms with Crippen molar-refractivity contribution in [2.75, 3.05) is 30.4 Å². The highest BCUT2D eigenvalue weighted by Crippen LogP contribution is 2.26. The minimum absolute atomic E-state index is 0.137. The Labute approximate surface area is 154 Å². The van der Waals surface area contributed by atoms with Gasteiger partial charge in [-0.25, -0.2) is 4.79 Å². The second-order valence-corrected chi connectivity index (χ2v) is 7.00. The van der Waals surface area contributed by atoms with E-state index in [2.05, 4.69) is 28.4 Å². The van der Waals surface area contributed by atoms with Crippen molar-refractivity contribution in [3.05, 3.63) is 58.6 Å². The van der Waals surface area contributed by atoms with Crippen molar-refractivity contribution in [3.63, 3.8) is 0 Å². The molecular weight excluding hydrogens is 334 g/mol. The second kappa shape index (κ2) is 7.79.